The number of likely N-dealkylation sites (tertiary alicyclic amines) is 1. The standard InChI is InChI=1S/C12H22N2O4/c1-4-17-12(16)14-7-5-10(6-8-14)13-11(15)18-9(2)3/h9-10H,4-8H2,1-3H3,(H,13,15). The molecule has 1 heterocycles. The van der Waals surface area contributed by atoms with Crippen LogP contribution in [0.1, 0.15) is 33.6 Å². The summed E-state index contributed by atoms with van der Waals surface area (Å²) in [5, 5.41) is 2.80. The molecule has 0 unspecified atom stereocenters. The first-order valence-corrected chi connectivity index (χ1v) is 6.41. The van der Waals surface area contributed by atoms with E-state index in [2.05, 4.69) is 5.32 Å². The maximum Gasteiger partial charge on any atom is 0.409 e. The molecule has 1 rings (SSSR count). The summed E-state index contributed by atoms with van der Waals surface area (Å²) in [5.74, 6) is 0. The van der Waals surface area contributed by atoms with E-state index in [1.807, 2.05) is 13.8 Å². The molecule has 6 heteroatoms. The molecule has 0 aromatic carbocycles. The second kappa shape index (κ2) is 7.08. The summed E-state index contributed by atoms with van der Waals surface area (Å²) < 4.78 is 9.94. The van der Waals surface area contributed by atoms with Crippen molar-refractivity contribution in [3.63, 3.8) is 0 Å². The highest BCUT2D eigenvalue weighted by molar-refractivity contribution is 5.69. The van der Waals surface area contributed by atoms with Crippen LogP contribution in [0.5, 0.6) is 0 Å². The first kappa shape index (κ1) is 14.6. The molecule has 18 heavy (non-hydrogen) atoms. The molecule has 0 aromatic heterocycles. The monoisotopic (exact) mass is 258 g/mol. The van der Waals surface area contributed by atoms with Gasteiger partial charge >= 0.3 is 12.2 Å². The summed E-state index contributed by atoms with van der Waals surface area (Å²) in [7, 11) is 0. The van der Waals surface area contributed by atoms with Crippen molar-refractivity contribution in [3.05, 3.63) is 0 Å². The van der Waals surface area contributed by atoms with Crippen molar-refractivity contribution in [1.29, 1.82) is 0 Å². The van der Waals surface area contributed by atoms with Crippen LogP contribution >= 0.6 is 0 Å². The van der Waals surface area contributed by atoms with Crippen molar-refractivity contribution in [3.8, 4) is 0 Å². The fourth-order valence-corrected chi connectivity index (χ4v) is 1.84. The molecule has 0 radical (unpaired) electrons. The molecule has 1 aliphatic heterocycles. The van der Waals surface area contributed by atoms with Crippen molar-refractivity contribution in [2.45, 2.75) is 45.8 Å². The number of nitrogens with one attached hydrogen (secondary N) is 1. The van der Waals surface area contributed by atoms with Gasteiger partial charge in [-0.25, -0.2) is 9.59 Å². The van der Waals surface area contributed by atoms with Crippen molar-refractivity contribution < 1.29 is 19.1 Å². The Labute approximate surface area is 108 Å². The number of alkyl carbamates (subject to hydrolysis) is 1. The quantitative estimate of drug-likeness (QED) is 0.837. The van der Waals surface area contributed by atoms with Crippen molar-refractivity contribution in [2.75, 3.05) is 19.7 Å². The Morgan fingerprint density at radius 2 is 1.94 bits per heavy atom. The first-order chi connectivity index (χ1) is 8.52. The largest absolute Gasteiger partial charge is 0.450 e. The van der Waals surface area contributed by atoms with Gasteiger partial charge < -0.3 is 19.7 Å². The Morgan fingerprint density at radius 3 is 2.44 bits per heavy atom. The summed E-state index contributed by atoms with van der Waals surface area (Å²) in [6.07, 6.45) is 0.669. The van der Waals surface area contributed by atoms with Crippen LogP contribution < -0.4 is 5.32 Å². The zero-order valence-electron chi connectivity index (χ0n) is 11.3. The number of carbonyl (C=O) groups excluding carboxylic acids is 2. The van der Waals surface area contributed by atoms with Crippen LogP contribution in [0.2, 0.25) is 0 Å². The molecule has 1 saturated heterocycles. The molecular formula is C12H22N2O4. The molecular weight excluding hydrogens is 236 g/mol. The molecule has 1 fully saturated rings. The van der Waals surface area contributed by atoms with Gasteiger partial charge in [0.15, 0.2) is 0 Å². The minimum atomic E-state index is -0.389. The number of piperidine rings is 1. The van der Waals surface area contributed by atoms with Crippen LogP contribution in [-0.4, -0.2) is 48.9 Å². The van der Waals surface area contributed by atoms with E-state index in [4.69, 9.17) is 9.47 Å². The third-order valence-electron chi connectivity index (χ3n) is 2.69. The zero-order chi connectivity index (χ0) is 13.5. The first-order valence-electron chi connectivity index (χ1n) is 6.41. The summed E-state index contributed by atoms with van der Waals surface area (Å²) in [5.41, 5.74) is 0. The predicted octanol–water partition coefficient (Wildman–Crippen LogP) is 1.74. The van der Waals surface area contributed by atoms with E-state index in [0.717, 1.165) is 12.8 Å². The molecule has 0 spiro atoms. The Balaban J connectivity index is 2.27. The van der Waals surface area contributed by atoms with Crippen LogP contribution in [0, 0.1) is 0 Å². The normalized spacial score (nSPS) is 16.6. The van der Waals surface area contributed by atoms with Gasteiger partial charge in [0.25, 0.3) is 0 Å². The van der Waals surface area contributed by atoms with E-state index in [9.17, 15) is 9.59 Å². The van der Waals surface area contributed by atoms with Gasteiger partial charge in [0, 0.05) is 19.1 Å². The van der Waals surface area contributed by atoms with Gasteiger partial charge in [-0.1, -0.05) is 0 Å². The number of amides is 2. The van der Waals surface area contributed by atoms with E-state index in [1.54, 1.807) is 11.8 Å². The lowest BCUT2D eigenvalue weighted by molar-refractivity contribution is 0.0894. The van der Waals surface area contributed by atoms with Gasteiger partial charge in [-0.15, -0.1) is 0 Å². The van der Waals surface area contributed by atoms with Gasteiger partial charge in [0.2, 0.25) is 0 Å². The summed E-state index contributed by atoms with van der Waals surface area (Å²) in [6, 6.07) is 0.0712. The maximum absolute atomic E-state index is 11.5. The summed E-state index contributed by atoms with van der Waals surface area (Å²) in [4.78, 5) is 24.5. The highest BCUT2D eigenvalue weighted by atomic mass is 16.6. The van der Waals surface area contributed by atoms with E-state index in [0.29, 0.717) is 19.7 Å². The number of hydrogen-bond donors (Lipinski definition) is 1. The Bertz CT molecular complexity index is 286. The molecule has 0 aromatic rings. The SMILES string of the molecule is CCOC(=O)N1CCC(NC(=O)OC(C)C)CC1. The van der Waals surface area contributed by atoms with Gasteiger partial charge in [-0.05, 0) is 33.6 Å². The highest BCUT2D eigenvalue weighted by Crippen LogP contribution is 2.11. The fourth-order valence-electron chi connectivity index (χ4n) is 1.84. The average molecular weight is 258 g/mol. The Kier molecular flexibility index (Phi) is 5.74. The third kappa shape index (κ3) is 4.81. The molecule has 0 atom stereocenters. The second-order valence-corrected chi connectivity index (χ2v) is 4.56. The molecule has 1 aliphatic rings. The number of nitrogens with zero attached hydrogens (tertiary/aromatic N) is 1. The van der Waals surface area contributed by atoms with Crippen LogP contribution in [-0.2, 0) is 9.47 Å². The summed E-state index contributed by atoms with van der Waals surface area (Å²) >= 11 is 0. The lowest BCUT2D eigenvalue weighted by Gasteiger charge is -2.31. The van der Waals surface area contributed by atoms with E-state index >= 15 is 0 Å². The maximum atomic E-state index is 11.5. The minimum absolute atomic E-state index is 0.0712. The van der Waals surface area contributed by atoms with Crippen LogP contribution in [0.15, 0.2) is 0 Å². The van der Waals surface area contributed by atoms with Gasteiger partial charge in [-0.2, -0.15) is 0 Å². The molecule has 0 aliphatic carbocycles. The zero-order valence-corrected chi connectivity index (χ0v) is 11.3. The van der Waals surface area contributed by atoms with E-state index in [1.165, 1.54) is 0 Å². The van der Waals surface area contributed by atoms with Crippen molar-refractivity contribution in [2.24, 2.45) is 0 Å². The number of carbonyl (C=O) groups is 2. The fraction of sp³-hybridized carbons (Fsp3) is 0.833. The Hall–Kier alpha value is -1.46. The Morgan fingerprint density at radius 1 is 1.33 bits per heavy atom. The van der Waals surface area contributed by atoms with Gasteiger partial charge in [-0.3, -0.25) is 0 Å². The average Bonchev–Trinajstić information content (AvgIpc) is 2.29. The van der Waals surface area contributed by atoms with Crippen molar-refractivity contribution in [1.82, 2.24) is 10.2 Å². The second-order valence-electron chi connectivity index (χ2n) is 4.56. The van der Waals surface area contributed by atoms with Gasteiger partial charge in [0.05, 0.1) is 12.7 Å². The minimum Gasteiger partial charge on any atom is -0.450 e. The van der Waals surface area contributed by atoms with Crippen LogP contribution in [0.3, 0.4) is 0 Å². The number of ether oxygens (including phenoxy) is 2. The summed E-state index contributed by atoms with van der Waals surface area (Å²) in [6.45, 7) is 6.99. The number of hydrogen-bond acceptors (Lipinski definition) is 4. The molecule has 6 nitrogen and oxygen atoms in total. The van der Waals surface area contributed by atoms with E-state index in [-0.39, 0.29) is 24.3 Å². The third-order valence-corrected chi connectivity index (χ3v) is 2.69. The highest BCUT2D eigenvalue weighted by Gasteiger charge is 2.24. The molecule has 2 amide bonds. The molecule has 0 saturated carbocycles. The van der Waals surface area contributed by atoms with E-state index < -0.39 is 0 Å². The van der Waals surface area contributed by atoms with Crippen LogP contribution in [0.25, 0.3) is 0 Å². The molecule has 1 N–H and O–H groups in total. The van der Waals surface area contributed by atoms with Crippen LogP contribution in [0.4, 0.5) is 9.59 Å². The van der Waals surface area contributed by atoms with Crippen molar-refractivity contribution >= 4 is 12.2 Å². The lowest BCUT2D eigenvalue weighted by atomic mass is 10.1. The predicted molar refractivity (Wildman–Crippen MR) is 66.4 cm³/mol. The smallest absolute Gasteiger partial charge is 0.409 e. The topological polar surface area (TPSA) is 67.9 Å². The van der Waals surface area contributed by atoms with Gasteiger partial charge in [0.1, 0.15) is 0 Å². The number of rotatable bonds is 3. The lowest BCUT2D eigenvalue weighted by Crippen LogP contribution is -2.47. The molecule has 0 bridgehead atoms. The molecule has 104 valence electrons.